The zero-order valence-corrected chi connectivity index (χ0v) is 37.3. The quantitative estimate of drug-likeness (QED) is 0.120. The second-order valence-corrected chi connectivity index (χ2v) is 14.8. The summed E-state index contributed by atoms with van der Waals surface area (Å²) in [5, 5.41) is 5.44. The second kappa shape index (κ2) is 20.7. The van der Waals surface area contributed by atoms with E-state index in [4.69, 9.17) is 0 Å². The summed E-state index contributed by atoms with van der Waals surface area (Å²) < 4.78 is 0. The third-order valence-electron chi connectivity index (χ3n) is 9.08. The van der Waals surface area contributed by atoms with Crippen LogP contribution in [0.2, 0.25) is 0 Å². The number of benzene rings is 4. The normalized spacial score (nSPS) is 11.3. The number of fused-ring (bicyclic) bond motifs is 2. The summed E-state index contributed by atoms with van der Waals surface area (Å²) in [4.78, 5) is 0. The third kappa shape index (κ3) is 11.6. The Balaban J connectivity index is 0.000000860. The van der Waals surface area contributed by atoms with Crippen LogP contribution in [0.15, 0.2) is 109 Å². The molecule has 4 heteroatoms. The van der Waals surface area contributed by atoms with Crippen molar-refractivity contribution >= 4 is 53.2 Å². The van der Waals surface area contributed by atoms with Gasteiger partial charge in [0.1, 0.15) is 0 Å². The molecule has 0 spiro atoms. The molecule has 0 bridgehead atoms. The topological polar surface area (TPSA) is 0 Å². The van der Waals surface area contributed by atoms with E-state index in [1.54, 1.807) is 0 Å². The van der Waals surface area contributed by atoms with Gasteiger partial charge in [-0.2, -0.15) is 12.1 Å². The van der Waals surface area contributed by atoms with Crippen molar-refractivity contribution < 1.29 is 23.3 Å². The van der Waals surface area contributed by atoms with Gasteiger partial charge in [-0.3, -0.25) is 0 Å². The number of halogens is 2. The van der Waals surface area contributed by atoms with Gasteiger partial charge in [0.25, 0.3) is 0 Å². The number of hydrogen-bond acceptors (Lipinski definition) is 0. The maximum atomic E-state index is 3.06. The first-order valence-electron chi connectivity index (χ1n) is 16.7. The molecule has 50 heavy (non-hydrogen) atoms. The van der Waals surface area contributed by atoms with Gasteiger partial charge in [-0.25, -0.2) is 0 Å². The van der Waals surface area contributed by atoms with Gasteiger partial charge in [-0.1, -0.05) is 141 Å². The molecular formula is C46H58Cl2SiZr-4. The molecule has 0 N–H and O–H groups in total. The fraction of sp³-hybridized carbons (Fsp3) is 0.304. The molecule has 0 heterocycles. The zero-order valence-electron chi connectivity index (χ0n) is 32.2. The van der Waals surface area contributed by atoms with Crippen LogP contribution in [-0.2, 0) is 34.2 Å². The predicted octanol–water partition coefficient (Wildman–Crippen LogP) is 14.6. The van der Waals surface area contributed by atoms with Crippen molar-refractivity contribution in [3.63, 3.8) is 0 Å². The van der Waals surface area contributed by atoms with E-state index >= 15 is 0 Å². The molecule has 1 unspecified atom stereocenters. The molecule has 0 amide bonds. The van der Waals surface area contributed by atoms with Crippen molar-refractivity contribution in [3.05, 3.63) is 146 Å². The maximum absolute atomic E-state index is 3.06. The van der Waals surface area contributed by atoms with Crippen LogP contribution in [-0.4, -0.2) is 6.88 Å². The standard InChI is InChI=1S/C24H29.C20H21.2CH3.2ClH.Si.Zr/c1-6-8-17(2)20-15-19-9-7-10-22(23(19)16-20)18-11-13-21(14-12-18)24(3,4)5;1-14-12-16-6-5-7-18(19(16)13-14)15-8-10-17(11-9-15)20(2,3)4;;;;;;/h7,9-17H,6,8H2,1-5H3;5-13H,1-4H3;2*1H3;2*1H;;/q4*-1;;;;. The Morgan fingerprint density at radius 2 is 1.02 bits per heavy atom. The Bertz CT molecular complexity index is 1860. The first-order chi connectivity index (χ1) is 21.8. The van der Waals surface area contributed by atoms with E-state index in [0.717, 1.165) is 0 Å². The summed E-state index contributed by atoms with van der Waals surface area (Å²) >= 11 is 1.36. The van der Waals surface area contributed by atoms with E-state index in [1.807, 2.05) is 0 Å². The van der Waals surface area contributed by atoms with Gasteiger partial charge < -0.3 is 14.9 Å². The first-order valence-corrected chi connectivity index (χ1v) is 20.9. The van der Waals surface area contributed by atoms with Crippen molar-refractivity contribution in [2.24, 2.45) is 0 Å². The van der Waals surface area contributed by atoms with E-state index in [2.05, 4.69) is 178 Å². The summed E-state index contributed by atoms with van der Waals surface area (Å²) in [7, 11) is 0. The predicted molar refractivity (Wildman–Crippen MR) is 228 cm³/mol. The number of hydrogen-bond donors (Lipinski definition) is 0. The number of aryl methyl sites for hydroxylation is 1. The van der Waals surface area contributed by atoms with E-state index in [9.17, 15) is 0 Å². The summed E-state index contributed by atoms with van der Waals surface area (Å²) in [6.07, 6.45) is 2.50. The Hall–Kier alpha value is -2.22. The van der Waals surface area contributed by atoms with Crippen LogP contribution in [0.25, 0.3) is 43.8 Å². The van der Waals surface area contributed by atoms with Gasteiger partial charge in [0.15, 0.2) is 0 Å². The monoisotopic (exact) mass is 798 g/mol. The molecule has 0 fully saturated rings. The van der Waals surface area contributed by atoms with E-state index in [-0.39, 0.29) is 50.5 Å². The van der Waals surface area contributed by atoms with Crippen molar-refractivity contribution in [2.75, 3.05) is 0 Å². The van der Waals surface area contributed by atoms with Crippen LogP contribution in [0.3, 0.4) is 0 Å². The Morgan fingerprint density at radius 3 is 1.42 bits per heavy atom. The van der Waals surface area contributed by atoms with Crippen molar-refractivity contribution in [1.29, 1.82) is 0 Å². The number of rotatable bonds is 5. The molecule has 0 saturated carbocycles. The van der Waals surface area contributed by atoms with Gasteiger partial charge in [-0.15, -0.1) is 93.9 Å². The van der Waals surface area contributed by atoms with E-state index < -0.39 is 0 Å². The van der Waals surface area contributed by atoms with Crippen LogP contribution in [0.1, 0.15) is 96.4 Å². The van der Waals surface area contributed by atoms with Crippen LogP contribution < -0.4 is 0 Å². The van der Waals surface area contributed by atoms with Gasteiger partial charge in [-0.05, 0) is 45.4 Å². The molecule has 0 nitrogen and oxygen atoms in total. The van der Waals surface area contributed by atoms with Crippen LogP contribution in [0, 0.1) is 21.8 Å². The van der Waals surface area contributed by atoms with Crippen molar-refractivity contribution in [1.82, 2.24) is 0 Å². The third-order valence-corrected chi connectivity index (χ3v) is 9.08. The van der Waals surface area contributed by atoms with Crippen molar-refractivity contribution in [3.8, 4) is 22.3 Å². The molecule has 6 aromatic rings. The first kappa shape index (κ1) is 47.8. The van der Waals surface area contributed by atoms with Gasteiger partial charge in [0.05, 0.1) is 0 Å². The Labute approximate surface area is 334 Å². The average molecular weight is 801 g/mol. The summed E-state index contributed by atoms with van der Waals surface area (Å²) in [6.45, 7) is 23.4. The molecule has 2 radical (unpaired) electrons. The van der Waals surface area contributed by atoms with E-state index in [0.29, 0.717) is 5.92 Å². The van der Waals surface area contributed by atoms with Gasteiger partial charge in [0, 0.05) is 0 Å². The fourth-order valence-corrected chi connectivity index (χ4v) is 6.33. The van der Waals surface area contributed by atoms with Crippen LogP contribution in [0.5, 0.6) is 0 Å². The molecule has 6 aromatic carbocycles. The molecule has 1 atom stereocenters. The minimum atomic E-state index is 0. The molecule has 268 valence electrons. The van der Waals surface area contributed by atoms with Crippen molar-refractivity contribution in [2.45, 2.75) is 91.9 Å². The van der Waals surface area contributed by atoms with Gasteiger partial charge >= 0.3 is 30.2 Å². The summed E-state index contributed by atoms with van der Waals surface area (Å²) in [5.41, 5.74) is 11.3. The average Bonchev–Trinajstić information content (AvgIpc) is 3.65. The summed E-state index contributed by atoms with van der Waals surface area (Å²) in [6, 6.07) is 40.7. The van der Waals surface area contributed by atoms with Gasteiger partial charge in [0.2, 0.25) is 0 Å². The summed E-state index contributed by atoms with van der Waals surface area (Å²) in [5.74, 6) is 0.638. The van der Waals surface area contributed by atoms with Crippen LogP contribution >= 0.6 is 24.8 Å². The second-order valence-electron chi connectivity index (χ2n) is 14.8. The Morgan fingerprint density at radius 1 is 0.620 bits per heavy atom. The molecule has 0 aliphatic rings. The Kier molecular flexibility index (Phi) is 19.8. The molecule has 0 aliphatic carbocycles. The molecule has 0 aliphatic heterocycles. The fourth-order valence-electron chi connectivity index (χ4n) is 6.33. The molecule has 6 rings (SSSR count). The SMILES string of the molecule is CCCC(C)c1cc2c(-c3ccc(C(C)(C)C)cc3)cccc2[cH-]1.Cc1cc2c(-c3ccc(C(C)(C)C)cc3)cccc2[cH-]1.Cl.Cl.[CH3-].[CH3-].[Si]=[Zr]. The van der Waals surface area contributed by atoms with E-state index in [1.165, 1.54) is 102 Å². The molecule has 0 saturated heterocycles. The minimum absolute atomic E-state index is 0. The van der Waals surface area contributed by atoms with Crippen LogP contribution in [0.4, 0.5) is 0 Å². The molecule has 0 aromatic heterocycles. The zero-order chi connectivity index (χ0) is 33.6. The molecular weight excluding hydrogens is 743 g/mol.